The van der Waals surface area contributed by atoms with Gasteiger partial charge in [0, 0.05) is 6.42 Å². The number of pyridine rings is 1. The van der Waals surface area contributed by atoms with E-state index in [1.807, 2.05) is 0 Å². The number of carbonyl (C=O) groups excluding carboxylic acids is 2. The fraction of sp³-hybridized carbons (Fsp3) is 0.462. The van der Waals surface area contributed by atoms with Crippen LogP contribution in [0, 0.1) is 5.82 Å². The van der Waals surface area contributed by atoms with Crippen LogP contribution in [0.1, 0.15) is 33.6 Å². The Balaban J connectivity index is 2.36. The highest BCUT2D eigenvalue weighted by Gasteiger charge is 2.17. The van der Waals surface area contributed by atoms with E-state index in [0.29, 0.717) is 0 Å². The minimum atomic E-state index is -0.563. The van der Waals surface area contributed by atoms with Crippen molar-refractivity contribution in [3.8, 4) is 0 Å². The van der Waals surface area contributed by atoms with E-state index in [4.69, 9.17) is 4.74 Å². The normalized spacial score (nSPS) is 10.9. The summed E-state index contributed by atoms with van der Waals surface area (Å²) in [6.45, 7) is 5.27. The smallest absolute Gasteiger partial charge is 0.306 e. The number of amides is 1. The molecular weight excluding hydrogens is 251 g/mol. The van der Waals surface area contributed by atoms with Gasteiger partial charge in [-0.2, -0.15) is 0 Å². The Hall–Kier alpha value is -1.98. The van der Waals surface area contributed by atoms with E-state index in [-0.39, 0.29) is 24.6 Å². The summed E-state index contributed by atoms with van der Waals surface area (Å²) in [5.41, 5.74) is -0.563. The highest BCUT2D eigenvalue weighted by Crippen LogP contribution is 2.10. The molecule has 19 heavy (non-hydrogen) atoms. The average Bonchev–Trinajstić information content (AvgIpc) is 2.27. The maximum absolute atomic E-state index is 12.6. The van der Waals surface area contributed by atoms with Gasteiger partial charge >= 0.3 is 5.97 Å². The zero-order chi connectivity index (χ0) is 14.5. The van der Waals surface area contributed by atoms with Gasteiger partial charge in [0.05, 0.1) is 12.6 Å². The van der Waals surface area contributed by atoms with Crippen molar-refractivity contribution >= 4 is 17.7 Å². The first-order chi connectivity index (χ1) is 8.76. The molecule has 0 aliphatic rings. The van der Waals surface area contributed by atoms with Crippen molar-refractivity contribution in [2.24, 2.45) is 0 Å². The molecule has 1 rings (SSSR count). The van der Waals surface area contributed by atoms with Crippen LogP contribution in [0.5, 0.6) is 0 Å². The number of anilines is 1. The van der Waals surface area contributed by atoms with Gasteiger partial charge in [-0.25, -0.2) is 9.37 Å². The van der Waals surface area contributed by atoms with E-state index < -0.39 is 17.4 Å². The molecule has 0 saturated carbocycles. The zero-order valence-corrected chi connectivity index (χ0v) is 11.2. The molecule has 0 atom stereocenters. The Bertz CT molecular complexity index is 452. The highest BCUT2D eigenvalue weighted by molar-refractivity contribution is 5.91. The van der Waals surface area contributed by atoms with Crippen LogP contribution in [-0.4, -0.2) is 22.5 Å². The summed E-state index contributed by atoms with van der Waals surface area (Å²) in [7, 11) is 0. The van der Waals surface area contributed by atoms with Gasteiger partial charge in [-0.05, 0) is 32.9 Å². The number of halogens is 1. The summed E-state index contributed by atoms with van der Waals surface area (Å²) in [6.07, 6.45) is 0.988. The average molecular weight is 268 g/mol. The third-order valence-corrected chi connectivity index (χ3v) is 1.97. The number of ether oxygens (including phenoxy) is 1. The molecule has 5 nitrogen and oxygen atoms in total. The summed E-state index contributed by atoms with van der Waals surface area (Å²) >= 11 is 0. The van der Waals surface area contributed by atoms with Gasteiger partial charge in [0.15, 0.2) is 0 Å². The first-order valence-electron chi connectivity index (χ1n) is 5.89. The van der Waals surface area contributed by atoms with E-state index in [1.165, 1.54) is 12.1 Å². The number of carbonyl (C=O) groups is 2. The van der Waals surface area contributed by atoms with Crippen LogP contribution in [0.2, 0.25) is 0 Å². The molecule has 0 bridgehead atoms. The predicted octanol–water partition coefficient (Wildman–Crippen LogP) is 2.28. The van der Waals surface area contributed by atoms with Gasteiger partial charge < -0.3 is 10.1 Å². The molecule has 6 heteroatoms. The van der Waals surface area contributed by atoms with Crippen molar-refractivity contribution in [1.82, 2.24) is 4.98 Å². The fourth-order valence-corrected chi connectivity index (χ4v) is 1.26. The van der Waals surface area contributed by atoms with Gasteiger partial charge in [0.25, 0.3) is 0 Å². The maximum Gasteiger partial charge on any atom is 0.306 e. The standard InChI is InChI=1S/C13H17FN2O3/c1-13(2,3)19-12(18)7-6-11(17)16-10-5-4-9(14)8-15-10/h4-5,8H,6-7H2,1-3H3,(H,15,16,17). The van der Waals surface area contributed by atoms with Crippen LogP contribution < -0.4 is 5.32 Å². The number of nitrogens with zero attached hydrogens (tertiary/aromatic N) is 1. The van der Waals surface area contributed by atoms with Crippen LogP contribution >= 0.6 is 0 Å². The molecule has 0 aliphatic carbocycles. The van der Waals surface area contributed by atoms with E-state index in [2.05, 4.69) is 10.3 Å². The number of esters is 1. The number of nitrogens with one attached hydrogen (secondary N) is 1. The largest absolute Gasteiger partial charge is 0.460 e. The van der Waals surface area contributed by atoms with Crippen LogP contribution in [0.25, 0.3) is 0 Å². The summed E-state index contributed by atoms with van der Waals surface area (Å²) in [5.74, 6) is -1.04. The Morgan fingerprint density at radius 1 is 1.32 bits per heavy atom. The topological polar surface area (TPSA) is 68.3 Å². The van der Waals surface area contributed by atoms with Crippen molar-refractivity contribution in [2.75, 3.05) is 5.32 Å². The molecule has 0 radical (unpaired) electrons. The quantitative estimate of drug-likeness (QED) is 0.851. The monoisotopic (exact) mass is 268 g/mol. The summed E-state index contributed by atoms with van der Waals surface area (Å²) < 4.78 is 17.7. The summed E-state index contributed by atoms with van der Waals surface area (Å²) in [4.78, 5) is 26.6. The van der Waals surface area contributed by atoms with Crippen LogP contribution in [0.3, 0.4) is 0 Å². The Morgan fingerprint density at radius 2 is 2.00 bits per heavy atom. The Kier molecular flexibility index (Phi) is 4.97. The molecule has 1 aromatic rings. The van der Waals surface area contributed by atoms with Crippen LogP contribution in [0.15, 0.2) is 18.3 Å². The van der Waals surface area contributed by atoms with Crippen LogP contribution in [0.4, 0.5) is 10.2 Å². The van der Waals surface area contributed by atoms with Crippen molar-refractivity contribution in [3.63, 3.8) is 0 Å². The molecular formula is C13H17FN2O3. The fourth-order valence-electron chi connectivity index (χ4n) is 1.26. The van der Waals surface area contributed by atoms with E-state index in [9.17, 15) is 14.0 Å². The lowest BCUT2D eigenvalue weighted by atomic mass is 10.2. The number of hydrogen-bond acceptors (Lipinski definition) is 4. The first-order valence-corrected chi connectivity index (χ1v) is 5.89. The van der Waals surface area contributed by atoms with Gasteiger partial charge in [-0.3, -0.25) is 9.59 Å². The second-order valence-corrected chi connectivity index (χ2v) is 5.00. The van der Waals surface area contributed by atoms with Gasteiger partial charge in [-0.1, -0.05) is 0 Å². The second-order valence-electron chi connectivity index (χ2n) is 5.00. The van der Waals surface area contributed by atoms with Crippen molar-refractivity contribution in [2.45, 2.75) is 39.2 Å². The van der Waals surface area contributed by atoms with E-state index in [1.54, 1.807) is 20.8 Å². The lowest BCUT2D eigenvalue weighted by Crippen LogP contribution is -2.24. The number of aromatic nitrogens is 1. The third-order valence-electron chi connectivity index (χ3n) is 1.97. The maximum atomic E-state index is 12.6. The molecule has 0 aliphatic heterocycles. The number of rotatable bonds is 4. The third kappa shape index (κ3) is 6.49. The second kappa shape index (κ2) is 6.26. The molecule has 1 amide bonds. The molecule has 104 valence electrons. The number of hydrogen-bond donors (Lipinski definition) is 1. The van der Waals surface area contributed by atoms with Crippen molar-refractivity contribution < 1.29 is 18.7 Å². The zero-order valence-electron chi connectivity index (χ0n) is 11.2. The summed E-state index contributed by atoms with van der Waals surface area (Å²) in [5, 5.41) is 2.46. The molecule has 0 spiro atoms. The minimum Gasteiger partial charge on any atom is -0.460 e. The molecule has 1 aromatic heterocycles. The van der Waals surface area contributed by atoms with Gasteiger partial charge in [-0.15, -0.1) is 0 Å². The minimum absolute atomic E-state index is 0.00598. The molecule has 0 unspecified atom stereocenters. The highest BCUT2D eigenvalue weighted by atomic mass is 19.1. The van der Waals surface area contributed by atoms with E-state index >= 15 is 0 Å². The molecule has 1 heterocycles. The Labute approximate surface area is 111 Å². The van der Waals surface area contributed by atoms with Crippen molar-refractivity contribution in [3.05, 3.63) is 24.1 Å². The van der Waals surface area contributed by atoms with Crippen molar-refractivity contribution in [1.29, 1.82) is 0 Å². The van der Waals surface area contributed by atoms with Crippen LogP contribution in [-0.2, 0) is 14.3 Å². The molecule has 0 aromatic carbocycles. The lowest BCUT2D eigenvalue weighted by molar-refractivity contribution is -0.155. The Morgan fingerprint density at radius 3 is 2.53 bits per heavy atom. The lowest BCUT2D eigenvalue weighted by Gasteiger charge is -2.19. The SMILES string of the molecule is CC(C)(C)OC(=O)CCC(=O)Nc1ccc(F)cn1. The summed E-state index contributed by atoms with van der Waals surface area (Å²) in [6, 6.07) is 2.54. The van der Waals surface area contributed by atoms with Gasteiger partial charge in [0.2, 0.25) is 5.91 Å². The van der Waals surface area contributed by atoms with E-state index in [0.717, 1.165) is 6.20 Å². The molecule has 1 N–H and O–H groups in total. The predicted molar refractivity (Wildman–Crippen MR) is 67.9 cm³/mol. The molecule has 0 fully saturated rings. The molecule has 0 saturated heterocycles. The van der Waals surface area contributed by atoms with Gasteiger partial charge in [0.1, 0.15) is 17.2 Å². The first kappa shape index (κ1) is 15.1.